The van der Waals surface area contributed by atoms with Crippen molar-refractivity contribution in [2.24, 2.45) is 7.05 Å². The molecule has 114 valence electrons. The van der Waals surface area contributed by atoms with E-state index in [4.69, 9.17) is 21.1 Å². The first-order valence-corrected chi connectivity index (χ1v) is 7.56. The SMILES string of the molecule is COc1ccc2c(OC)cc(Sc3nncn3C)nc2c1Cl. The van der Waals surface area contributed by atoms with Gasteiger partial charge in [-0.2, -0.15) is 0 Å². The molecule has 22 heavy (non-hydrogen) atoms. The van der Waals surface area contributed by atoms with Crippen LogP contribution in [0, 0.1) is 0 Å². The molecule has 3 aromatic rings. The number of hydrogen-bond donors (Lipinski definition) is 0. The Labute approximate surface area is 136 Å². The number of pyridine rings is 1. The van der Waals surface area contributed by atoms with Crippen LogP contribution in [0.5, 0.6) is 11.5 Å². The van der Waals surface area contributed by atoms with Gasteiger partial charge < -0.3 is 14.0 Å². The van der Waals surface area contributed by atoms with Gasteiger partial charge in [-0.3, -0.25) is 0 Å². The fourth-order valence-corrected chi connectivity index (χ4v) is 3.08. The third-order valence-electron chi connectivity index (χ3n) is 3.13. The van der Waals surface area contributed by atoms with Crippen LogP contribution in [-0.2, 0) is 7.05 Å². The highest BCUT2D eigenvalue weighted by atomic mass is 35.5. The first-order valence-electron chi connectivity index (χ1n) is 6.37. The van der Waals surface area contributed by atoms with Gasteiger partial charge in [0.1, 0.15) is 27.9 Å². The summed E-state index contributed by atoms with van der Waals surface area (Å²) in [6.07, 6.45) is 1.64. The van der Waals surface area contributed by atoms with E-state index in [1.807, 2.05) is 23.7 Å². The zero-order chi connectivity index (χ0) is 15.7. The molecule has 0 spiro atoms. The van der Waals surface area contributed by atoms with Crippen molar-refractivity contribution in [2.45, 2.75) is 10.2 Å². The van der Waals surface area contributed by atoms with E-state index in [9.17, 15) is 0 Å². The van der Waals surface area contributed by atoms with E-state index in [0.29, 0.717) is 22.0 Å². The summed E-state index contributed by atoms with van der Waals surface area (Å²) in [6.45, 7) is 0. The highest BCUT2D eigenvalue weighted by Gasteiger charge is 2.15. The third kappa shape index (κ3) is 2.57. The van der Waals surface area contributed by atoms with E-state index in [2.05, 4.69) is 15.2 Å². The largest absolute Gasteiger partial charge is 0.496 e. The molecule has 0 bridgehead atoms. The number of halogens is 1. The van der Waals surface area contributed by atoms with E-state index >= 15 is 0 Å². The molecule has 0 atom stereocenters. The maximum atomic E-state index is 6.37. The lowest BCUT2D eigenvalue weighted by Gasteiger charge is -2.11. The second-order valence-electron chi connectivity index (χ2n) is 4.47. The molecule has 1 aromatic carbocycles. The molecule has 8 heteroatoms. The number of fused-ring (bicyclic) bond motifs is 1. The summed E-state index contributed by atoms with van der Waals surface area (Å²) >= 11 is 7.76. The normalized spacial score (nSPS) is 10.9. The molecule has 2 aromatic heterocycles. The lowest BCUT2D eigenvalue weighted by Crippen LogP contribution is -1.94. The van der Waals surface area contributed by atoms with Gasteiger partial charge in [0.15, 0.2) is 5.16 Å². The predicted octanol–water partition coefficient (Wildman–Crippen LogP) is 3.19. The minimum absolute atomic E-state index is 0.457. The highest BCUT2D eigenvalue weighted by Crippen LogP contribution is 2.38. The molecule has 2 heterocycles. The zero-order valence-electron chi connectivity index (χ0n) is 12.2. The summed E-state index contributed by atoms with van der Waals surface area (Å²) in [5.41, 5.74) is 0.630. The van der Waals surface area contributed by atoms with Crippen molar-refractivity contribution in [1.29, 1.82) is 0 Å². The van der Waals surface area contributed by atoms with Gasteiger partial charge in [-0.1, -0.05) is 11.6 Å². The Kier molecular flexibility index (Phi) is 4.08. The molecule has 0 aliphatic heterocycles. The fourth-order valence-electron chi connectivity index (χ4n) is 2.02. The van der Waals surface area contributed by atoms with Crippen LogP contribution in [0.2, 0.25) is 5.02 Å². The number of rotatable bonds is 4. The van der Waals surface area contributed by atoms with Crippen LogP contribution in [0.15, 0.2) is 34.7 Å². The van der Waals surface area contributed by atoms with Gasteiger partial charge in [-0.25, -0.2) is 4.98 Å². The number of benzene rings is 1. The van der Waals surface area contributed by atoms with Crippen LogP contribution < -0.4 is 9.47 Å². The molecule has 6 nitrogen and oxygen atoms in total. The molecule has 0 radical (unpaired) electrons. The Morgan fingerprint density at radius 2 is 1.95 bits per heavy atom. The van der Waals surface area contributed by atoms with Crippen molar-refractivity contribution < 1.29 is 9.47 Å². The van der Waals surface area contributed by atoms with Gasteiger partial charge in [-0.05, 0) is 23.9 Å². The number of methoxy groups -OCH3 is 2. The molecular formula is C14H13ClN4O2S. The Hall–Kier alpha value is -1.99. The number of aryl methyl sites for hydroxylation is 1. The van der Waals surface area contributed by atoms with Crippen molar-refractivity contribution >= 4 is 34.3 Å². The average molecular weight is 337 g/mol. The van der Waals surface area contributed by atoms with Crippen molar-refractivity contribution in [2.75, 3.05) is 14.2 Å². The molecule has 0 N–H and O–H groups in total. The summed E-state index contributed by atoms with van der Waals surface area (Å²) in [4.78, 5) is 4.60. The number of aromatic nitrogens is 4. The first kappa shape index (κ1) is 14.9. The lowest BCUT2D eigenvalue weighted by molar-refractivity contribution is 0.414. The lowest BCUT2D eigenvalue weighted by atomic mass is 10.2. The van der Waals surface area contributed by atoms with Crippen molar-refractivity contribution in [3.8, 4) is 11.5 Å². The summed E-state index contributed by atoms with van der Waals surface area (Å²) in [7, 11) is 5.06. The average Bonchev–Trinajstić information content (AvgIpc) is 2.92. The second kappa shape index (κ2) is 6.02. The van der Waals surface area contributed by atoms with E-state index in [1.54, 1.807) is 26.6 Å². The number of nitrogens with zero attached hydrogens (tertiary/aromatic N) is 4. The van der Waals surface area contributed by atoms with Crippen molar-refractivity contribution in [3.05, 3.63) is 29.5 Å². The maximum absolute atomic E-state index is 6.37. The Balaban J connectivity index is 2.15. The predicted molar refractivity (Wildman–Crippen MR) is 85.0 cm³/mol. The first-order chi connectivity index (χ1) is 10.6. The smallest absolute Gasteiger partial charge is 0.197 e. The van der Waals surface area contributed by atoms with Gasteiger partial charge in [0.2, 0.25) is 0 Å². The molecule has 0 aliphatic rings. The monoisotopic (exact) mass is 336 g/mol. The van der Waals surface area contributed by atoms with E-state index in [1.165, 1.54) is 11.8 Å². The highest BCUT2D eigenvalue weighted by molar-refractivity contribution is 7.99. The second-order valence-corrected chi connectivity index (χ2v) is 5.83. The quantitative estimate of drug-likeness (QED) is 0.729. The molecular weight excluding hydrogens is 324 g/mol. The minimum atomic E-state index is 0.457. The molecule has 3 rings (SSSR count). The molecule has 0 unspecified atom stereocenters. The van der Waals surface area contributed by atoms with Gasteiger partial charge in [0, 0.05) is 18.5 Å². The van der Waals surface area contributed by atoms with Gasteiger partial charge in [0.05, 0.1) is 19.7 Å². The maximum Gasteiger partial charge on any atom is 0.197 e. The van der Waals surface area contributed by atoms with E-state index < -0.39 is 0 Å². The number of hydrogen-bond acceptors (Lipinski definition) is 6. The van der Waals surface area contributed by atoms with Crippen LogP contribution in [0.25, 0.3) is 10.9 Å². The van der Waals surface area contributed by atoms with Crippen LogP contribution in [0.3, 0.4) is 0 Å². The van der Waals surface area contributed by atoms with Crippen molar-refractivity contribution in [3.63, 3.8) is 0 Å². The van der Waals surface area contributed by atoms with Crippen LogP contribution >= 0.6 is 23.4 Å². The summed E-state index contributed by atoms with van der Waals surface area (Å²) in [5, 5.41) is 10.6. The van der Waals surface area contributed by atoms with Crippen LogP contribution in [-0.4, -0.2) is 34.0 Å². The molecule has 0 amide bonds. The van der Waals surface area contributed by atoms with E-state index in [-0.39, 0.29) is 0 Å². The molecule has 0 fully saturated rings. The molecule has 0 saturated carbocycles. The summed E-state index contributed by atoms with van der Waals surface area (Å²) < 4.78 is 12.5. The third-order valence-corrected chi connectivity index (χ3v) is 4.46. The molecule has 0 aliphatic carbocycles. The van der Waals surface area contributed by atoms with Crippen molar-refractivity contribution in [1.82, 2.24) is 19.7 Å². The van der Waals surface area contributed by atoms with Crippen LogP contribution in [0.1, 0.15) is 0 Å². The van der Waals surface area contributed by atoms with Gasteiger partial charge >= 0.3 is 0 Å². The Morgan fingerprint density at radius 3 is 2.59 bits per heavy atom. The summed E-state index contributed by atoms with van der Waals surface area (Å²) in [6, 6.07) is 5.53. The zero-order valence-corrected chi connectivity index (χ0v) is 13.8. The number of ether oxygens (including phenoxy) is 2. The molecule has 0 saturated heterocycles. The van der Waals surface area contributed by atoms with E-state index in [0.717, 1.165) is 15.6 Å². The minimum Gasteiger partial charge on any atom is -0.496 e. The van der Waals surface area contributed by atoms with Crippen LogP contribution in [0.4, 0.5) is 0 Å². The van der Waals surface area contributed by atoms with Gasteiger partial charge in [0.25, 0.3) is 0 Å². The fraction of sp³-hybridized carbons (Fsp3) is 0.214. The Morgan fingerprint density at radius 1 is 1.18 bits per heavy atom. The standard InChI is InChI=1S/C14H13ClN4O2S/c1-19-7-16-18-14(19)22-11-6-10(21-3)8-4-5-9(20-2)12(15)13(8)17-11/h4-7H,1-3H3. The topological polar surface area (TPSA) is 62.1 Å². The van der Waals surface area contributed by atoms with Gasteiger partial charge in [-0.15, -0.1) is 10.2 Å². The summed E-state index contributed by atoms with van der Waals surface area (Å²) in [5.74, 6) is 1.27. The Bertz CT molecular complexity index is 837.